The van der Waals surface area contributed by atoms with Gasteiger partial charge in [-0.1, -0.05) is 20.8 Å². The Labute approximate surface area is 93.8 Å². The maximum atomic E-state index is 5.95. The minimum atomic E-state index is 0.503. The van der Waals surface area contributed by atoms with Gasteiger partial charge in [0, 0.05) is 12.1 Å². The summed E-state index contributed by atoms with van der Waals surface area (Å²) in [5, 5.41) is 3.76. The van der Waals surface area contributed by atoms with Gasteiger partial charge in [0.1, 0.15) is 0 Å². The van der Waals surface area contributed by atoms with Crippen LogP contribution in [0.25, 0.3) is 0 Å². The molecule has 1 aliphatic heterocycles. The largest absolute Gasteiger partial charge is 0.375 e. The van der Waals surface area contributed by atoms with Gasteiger partial charge in [-0.2, -0.15) is 0 Å². The van der Waals surface area contributed by atoms with E-state index in [9.17, 15) is 0 Å². The molecular formula is C13H25NO. The van der Waals surface area contributed by atoms with E-state index in [1.54, 1.807) is 0 Å². The highest BCUT2D eigenvalue weighted by Crippen LogP contribution is 2.33. The molecule has 2 heteroatoms. The summed E-state index contributed by atoms with van der Waals surface area (Å²) >= 11 is 0. The second-order valence-electron chi connectivity index (χ2n) is 5.57. The molecular weight excluding hydrogens is 186 g/mol. The Hall–Kier alpha value is -0.0800. The first kappa shape index (κ1) is 11.4. The molecule has 1 saturated carbocycles. The molecule has 15 heavy (non-hydrogen) atoms. The van der Waals surface area contributed by atoms with Crippen molar-refractivity contribution in [2.45, 2.75) is 64.6 Å². The van der Waals surface area contributed by atoms with Crippen LogP contribution in [-0.2, 0) is 4.74 Å². The summed E-state index contributed by atoms with van der Waals surface area (Å²) in [4.78, 5) is 0. The molecule has 2 aliphatic rings. The number of nitrogens with one attached hydrogen (secondary N) is 1. The summed E-state index contributed by atoms with van der Waals surface area (Å²) in [6, 6.07) is 1.22. The van der Waals surface area contributed by atoms with Crippen LogP contribution >= 0.6 is 0 Å². The van der Waals surface area contributed by atoms with Crippen LogP contribution in [0.15, 0.2) is 0 Å². The highest BCUT2D eigenvalue weighted by molar-refractivity contribution is 4.91. The monoisotopic (exact) mass is 211 g/mol. The Balaban J connectivity index is 1.91. The molecule has 0 amide bonds. The molecule has 1 aliphatic carbocycles. The molecule has 0 aromatic rings. The zero-order valence-corrected chi connectivity index (χ0v) is 10.3. The first-order valence-electron chi connectivity index (χ1n) is 6.58. The van der Waals surface area contributed by atoms with E-state index >= 15 is 0 Å². The van der Waals surface area contributed by atoms with Crippen molar-refractivity contribution in [2.75, 3.05) is 6.61 Å². The van der Waals surface area contributed by atoms with Gasteiger partial charge in [-0.05, 0) is 37.5 Å². The Bertz CT molecular complexity index is 205. The highest BCUT2D eigenvalue weighted by atomic mass is 16.5. The van der Waals surface area contributed by atoms with Crippen molar-refractivity contribution in [3.63, 3.8) is 0 Å². The van der Waals surface area contributed by atoms with E-state index < -0.39 is 0 Å². The predicted molar refractivity (Wildman–Crippen MR) is 62.9 cm³/mol. The zero-order valence-electron chi connectivity index (χ0n) is 10.3. The lowest BCUT2D eigenvalue weighted by Gasteiger charge is -2.43. The van der Waals surface area contributed by atoms with Gasteiger partial charge in [0.15, 0.2) is 0 Å². The third-order valence-corrected chi connectivity index (χ3v) is 4.22. The molecule has 4 unspecified atom stereocenters. The van der Waals surface area contributed by atoms with Crippen molar-refractivity contribution in [1.82, 2.24) is 5.32 Å². The van der Waals surface area contributed by atoms with Crippen LogP contribution in [0.3, 0.4) is 0 Å². The molecule has 0 bridgehead atoms. The molecule has 88 valence electrons. The lowest BCUT2D eigenvalue weighted by Crippen LogP contribution is -2.56. The van der Waals surface area contributed by atoms with Gasteiger partial charge >= 0.3 is 0 Å². The molecule has 4 atom stereocenters. The van der Waals surface area contributed by atoms with E-state index in [2.05, 4.69) is 26.1 Å². The third-order valence-electron chi connectivity index (χ3n) is 4.22. The van der Waals surface area contributed by atoms with Crippen molar-refractivity contribution < 1.29 is 4.74 Å². The summed E-state index contributed by atoms with van der Waals surface area (Å²) in [5.41, 5.74) is 0. The van der Waals surface area contributed by atoms with E-state index in [-0.39, 0.29) is 0 Å². The number of hydrogen-bond donors (Lipinski definition) is 1. The Morgan fingerprint density at radius 1 is 1.33 bits per heavy atom. The van der Waals surface area contributed by atoms with Gasteiger partial charge in [0.2, 0.25) is 0 Å². The maximum Gasteiger partial charge on any atom is 0.0729 e. The fourth-order valence-electron chi connectivity index (χ4n) is 2.98. The zero-order chi connectivity index (χ0) is 10.8. The summed E-state index contributed by atoms with van der Waals surface area (Å²) in [5.74, 6) is 1.73. The summed E-state index contributed by atoms with van der Waals surface area (Å²) in [6.45, 7) is 7.87. The van der Waals surface area contributed by atoms with Crippen molar-refractivity contribution in [1.29, 1.82) is 0 Å². The van der Waals surface area contributed by atoms with E-state index in [4.69, 9.17) is 4.74 Å². The lowest BCUT2D eigenvalue weighted by atomic mass is 9.77. The summed E-state index contributed by atoms with van der Waals surface area (Å²) < 4.78 is 5.95. The molecule has 0 aromatic heterocycles. The Morgan fingerprint density at radius 3 is 2.80 bits per heavy atom. The molecule has 0 aromatic carbocycles. The first-order chi connectivity index (χ1) is 7.20. The van der Waals surface area contributed by atoms with Crippen LogP contribution in [0, 0.1) is 11.8 Å². The minimum absolute atomic E-state index is 0.503. The fourth-order valence-corrected chi connectivity index (χ4v) is 2.98. The van der Waals surface area contributed by atoms with Crippen molar-refractivity contribution in [3.8, 4) is 0 Å². The molecule has 0 spiro atoms. The van der Waals surface area contributed by atoms with Gasteiger partial charge in [-0.15, -0.1) is 0 Å². The molecule has 2 rings (SSSR count). The second kappa shape index (κ2) is 4.84. The standard InChI is InChI=1S/C13H25NO/c1-4-11-8-15-13-6-5-10(9(2)3)7-12(13)14-11/h9-14H,4-8H2,1-3H3. The number of ether oxygens (including phenoxy) is 1. The van der Waals surface area contributed by atoms with Gasteiger partial charge in [-0.3, -0.25) is 0 Å². The highest BCUT2D eigenvalue weighted by Gasteiger charge is 2.36. The van der Waals surface area contributed by atoms with Crippen LogP contribution in [0.4, 0.5) is 0 Å². The van der Waals surface area contributed by atoms with Crippen molar-refractivity contribution in [3.05, 3.63) is 0 Å². The van der Waals surface area contributed by atoms with E-state index in [0.717, 1.165) is 18.4 Å². The quantitative estimate of drug-likeness (QED) is 0.758. The lowest BCUT2D eigenvalue weighted by molar-refractivity contribution is -0.0590. The molecule has 1 heterocycles. The van der Waals surface area contributed by atoms with Crippen molar-refractivity contribution >= 4 is 0 Å². The topological polar surface area (TPSA) is 21.3 Å². The van der Waals surface area contributed by atoms with Crippen LogP contribution in [0.5, 0.6) is 0 Å². The Kier molecular flexibility index (Phi) is 3.68. The van der Waals surface area contributed by atoms with Crippen LogP contribution in [0.1, 0.15) is 46.5 Å². The van der Waals surface area contributed by atoms with Gasteiger partial charge in [0.05, 0.1) is 12.7 Å². The second-order valence-corrected chi connectivity index (χ2v) is 5.57. The van der Waals surface area contributed by atoms with Gasteiger partial charge in [-0.25, -0.2) is 0 Å². The first-order valence-corrected chi connectivity index (χ1v) is 6.58. The van der Waals surface area contributed by atoms with E-state index in [1.807, 2.05) is 0 Å². The third kappa shape index (κ3) is 2.54. The normalized spacial score (nSPS) is 41.6. The van der Waals surface area contributed by atoms with E-state index in [1.165, 1.54) is 25.7 Å². The number of fused-ring (bicyclic) bond motifs is 1. The molecule has 2 fully saturated rings. The summed E-state index contributed by atoms with van der Waals surface area (Å²) in [6.07, 6.45) is 5.63. The SMILES string of the molecule is CCC1COC2CCC(C(C)C)CC2N1. The van der Waals surface area contributed by atoms with Crippen LogP contribution < -0.4 is 5.32 Å². The number of morpholine rings is 1. The Morgan fingerprint density at radius 2 is 2.13 bits per heavy atom. The molecule has 1 saturated heterocycles. The average Bonchev–Trinajstić information content (AvgIpc) is 2.27. The fraction of sp³-hybridized carbons (Fsp3) is 1.00. The average molecular weight is 211 g/mol. The molecule has 1 N–H and O–H groups in total. The van der Waals surface area contributed by atoms with Crippen molar-refractivity contribution in [2.24, 2.45) is 11.8 Å². The van der Waals surface area contributed by atoms with Crippen LogP contribution in [0.2, 0.25) is 0 Å². The molecule has 0 radical (unpaired) electrons. The summed E-state index contributed by atoms with van der Waals surface area (Å²) in [7, 11) is 0. The predicted octanol–water partition coefficient (Wildman–Crippen LogP) is 2.58. The smallest absolute Gasteiger partial charge is 0.0729 e. The molecule has 2 nitrogen and oxygen atoms in total. The maximum absolute atomic E-state index is 5.95. The van der Waals surface area contributed by atoms with Gasteiger partial charge in [0.25, 0.3) is 0 Å². The van der Waals surface area contributed by atoms with E-state index in [0.29, 0.717) is 18.2 Å². The number of hydrogen-bond acceptors (Lipinski definition) is 2. The minimum Gasteiger partial charge on any atom is -0.375 e. The number of rotatable bonds is 2. The van der Waals surface area contributed by atoms with Gasteiger partial charge < -0.3 is 10.1 Å². The van der Waals surface area contributed by atoms with Crippen LogP contribution in [-0.4, -0.2) is 24.8 Å².